The van der Waals surface area contributed by atoms with Gasteiger partial charge in [-0.05, 0) is 41.9 Å². The zero-order valence-corrected chi connectivity index (χ0v) is 19.2. The second-order valence-corrected chi connectivity index (χ2v) is 8.83. The Hall–Kier alpha value is -4.02. The molecule has 0 amide bonds. The summed E-state index contributed by atoms with van der Waals surface area (Å²) in [5, 5.41) is 0.344. The van der Waals surface area contributed by atoms with E-state index >= 15 is 4.39 Å². The molecule has 36 heavy (non-hydrogen) atoms. The molecule has 1 unspecified atom stereocenters. The summed E-state index contributed by atoms with van der Waals surface area (Å²) < 4.78 is 34.8. The van der Waals surface area contributed by atoms with E-state index in [9.17, 15) is 9.59 Å². The molecule has 6 rings (SSSR count). The number of alkyl halides is 1. The van der Waals surface area contributed by atoms with E-state index in [0.29, 0.717) is 5.39 Å². The average molecular weight is 509 g/mol. The van der Waals surface area contributed by atoms with E-state index in [-0.39, 0.29) is 27.9 Å². The number of nitrogen functional groups attached to an aromatic ring is 1. The second kappa shape index (κ2) is 8.28. The molecule has 2 N–H and O–H groups in total. The minimum Gasteiger partial charge on any atom is -0.451 e. The van der Waals surface area contributed by atoms with Crippen LogP contribution in [0.4, 0.5) is 10.2 Å². The van der Waals surface area contributed by atoms with E-state index < -0.39 is 42.1 Å². The third kappa shape index (κ3) is 3.41. The molecule has 2 aromatic carbocycles. The Balaban J connectivity index is 1.33. The van der Waals surface area contributed by atoms with Crippen LogP contribution in [-0.4, -0.2) is 50.5 Å². The Labute approximate surface area is 208 Å². The lowest BCUT2D eigenvalue weighted by Crippen LogP contribution is -2.39. The number of carbonyl (C=O) groups is 2. The maximum atomic E-state index is 16.2. The van der Waals surface area contributed by atoms with Crippen LogP contribution >= 0.6 is 11.6 Å². The molecular weight excluding hydrogens is 491 g/mol. The Morgan fingerprint density at radius 2 is 1.64 bits per heavy atom. The molecule has 182 valence electrons. The van der Waals surface area contributed by atoms with Gasteiger partial charge >= 0.3 is 11.9 Å². The van der Waals surface area contributed by atoms with Crippen molar-refractivity contribution < 1.29 is 28.2 Å². The summed E-state index contributed by atoms with van der Waals surface area (Å²) in [5.74, 6) is -1.32. The molecular formula is C25H18ClFN4O5. The molecule has 2 aliphatic rings. The van der Waals surface area contributed by atoms with Crippen LogP contribution in [-0.2, 0) is 14.2 Å². The SMILES string of the molecule is Nc1nc(Cl)nc2c1ccn2[C@@H]1O[C@@H]2C(OC(=O)c3ccccc3)[C@]2(OC(=O)c2ccccc2)[C@@H]1F. The quantitative estimate of drug-likeness (QED) is 0.320. The van der Waals surface area contributed by atoms with Gasteiger partial charge in [0.25, 0.3) is 0 Å². The normalized spacial score (nSPS) is 26.4. The van der Waals surface area contributed by atoms with E-state index in [1.165, 1.54) is 10.8 Å². The lowest BCUT2D eigenvalue weighted by molar-refractivity contribution is -0.0729. The number of halogens is 2. The molecule has 3 heterocycles. The maximum Gasteiger partial charge on any atom is 0.339 e. The number of fused-ring (bicyclic) bond motifs is 2. The molecule has 0 spiro atoms. The summed E-state index contributed by atoms with van der Waals surface area (Å²) in [7, 11) is 0. The molecule has 0 radical (unpaired) electrons. The van der Waals surface area contributed by atoms with E-state index in [2.05, 4.69) is 9.97 Å². The summed E-state index contributed by atoms with van der Waals surface area (Å²) >= 11 is 5.96. The van der Waals surface area contributed by atoms with Crippen LogP contribution in [0.5, 0.6) is 0 Å². The summed E-state index contributed by atoms with van der Waals surface area (Å²) in [6, 6.07) is 18.0. The Morgan fingerprint density at radius 3 is 2.31 bits per heavy atom. The van der Waals surface area contributed by atoms with E-state index in [1.54, 1.807) is 66.7 Å². The molecule has 4 aromatic rings. The van der Waals surface area contributed by atoms with Gasteiger partial charge in [-0.1, -0.05) is 36.4 Å². The Bertz CT molecular complexity index is 1480. The third-order valence-electron chi connectivity index (χ3n) is 6.39. The number of rotatable bonds is 5. The fraction of sp³-hybridized carbons (Fsp3) is 0.200. The number of nitrogens with two attached hydrogens (primary N) is 1. The number of nitrogens with zero attached hydrogens (tertiary/aromatic N) is 3. The largest absolute Gasteiger partial charge is 0.451 e. The first kappa shape index (κ1) is 22.4. The van der Waals surface area contributed by atoms with Crippen LogP contribution in [0.25, 0.3) is 11.0 Å². The molecule has 0 bridgehead atoms. The highest BCUT2D eigenvalue weighted by Gasteiger charge is 2.84. The summed E-state index contributed by atoms with van der Waals surface area (Å²) in [4.78, 5) is 33.7. The first-order valence-corrected chi connectivity index (χ1v) is 11.4. The summed E-state index contributed by atoms with van der Waals surface area (Å²) in [6.07, 6.45) is -3.80. The van der Waals surface area contributed by atoms with Gasteiger partial charge in [0.1, 0.15) is 17.6 Å². The topological polar surface area (TPSA) is 119 Å². The monoisotopic (exact) mass is 508 g/mol. The van der Waals surface area contributed by atoms with Crippen LogP contribution in [0.3, 0.4) is 0 Å². The number of hydrogen-bond donors (Lipinski definition) is 1. The van der Waals surface area contributed by atoms with Crippen LogP contribution in [0, 0.1) is 0 Å². The minimum absolute atomic E-state index is 0.113. The standard InChI is InChI=1S/C25H18ClFN4O5/c26-24-29-19(28)15-11-12-31(20(15)30-24)21-16(27)25(36-23(33)14-9-5-2-6-10-14)17(34-21)18(25)35-22(32)13-7-3-1-4-8-13/h1-12,16-18,21H,(H2,28,29,30)/t16-,17-,18?,21-,25+/m1/s1. The fourth-order valence-corrected chi connectivity index (χ4v) is 4.75. The van der Waals surface area contributed by atoms with Crippen molar-refractivity contribution in [2.45, 2.75) is 30.2 Å². The number of aromatic nitrogens is 3. The highest BCUT2D eigenvalue weighted by Crippen LogP contribution is 2.60. The lowest BCUT2D eigenvalue weighted by atomic mass is 10.1. The van der Waals surface area contributed by atoms with Crippen molar-refractivity contribution in [2.75, 3.05) is 5.73 Å². The molecule has 1 saturated carbocycles. The van der Waals surface area contributed by atoms with E-state index in [0.717, 1.165) is 0 Å². The van der Waals surface area contributed by atoms with Gasteiger partial charge in [-0.25, -0.2) is 19.0 Å². The van der Waals surface area contributed by atoms with Gasteiger partial charge in [-0.15, -0.1) is 0 Å². The number of anilines is 1. The number of esters is 2. The van der Waals surface area contributed by atoms with Crippen LogP contribution in [0.2, 0.25) is 5.28 Å². The second-order valence-electron chi connectivity index (χ2n) is 8.49. The molecule has 1 aliphatic heterocycles. The fourth-order valence-electron chi connectivity index (χ4n) is 4.57. The van der Waals surface area contributed by atoms with Crippen LogP contribution in [0.15, 0.2) is 72.9 Å². The number of hydrogen-bond acceptors (Lipinski definition) is 8. The third-order valence-corrected chi connectivity index (χ3v) is 6.56. The maximum absolute atomic E-state index is 16.2. The molecule has 2 fully saturated rings. The lowest BCUT2D eigenvalue weighted by Gasteiger charge is -2.25. The van der Waals surface area contributed by atoms with Gasteiger partial charge in [0, 0.05) is 6.20 Å². The van der Waals surface area contributed by atoms with Crippen LogP contribution < -0.4 is 5.73 Å². The van der Waals surface area contributed by atoms with Crippen LogP contribution in [0.1, 0.15) is 26.9 Å². The van der Waals surface area contributed by atoms with E-state index in [1.807, 2.05) is 0 Å². The number of ether oxygens (including phenoxy) is 3. The minimum atomic E-state index is -1.91. The molecule has 1 saturated heterocycles. The first-order valence-electron chi connectivity index (χ1n) is 11.0. The number of carbonyl (C=O) groups excluding carboxylic acids is 2. The van der Waals surface area contributed by atoms with Gasteiger partial charge in [-0.3, -0.25) is 0 Å². The number of benzene rings is 2. The predicted molar refractivity (Wildman–Crippen MR) is 126 cm³/mol. The van der Waals surface area contributed by atoms with Crippen molar-refractivity contribution >= 4 is 40.4 Å². The van der Waals surface area contributed by atoms with Crippen molar-refractivity contribution in [1.29, 1.82) is 0 Å². The summed E-state index contributed by atoms with van der Waals surface area (Å²) in [5.41, 5.74) is 4.82. The van der Waals surface area contributed by atoms with Gasteiger partial charge in [0.05, 0.1) is 16.5 Å². The first-order chi connectivity index (χ1) is 17.4. The average Bonchev–Trinajstić information content (AvgIpc) is 3.14. The van der Waals surface area contributed by atoms with Crippen molar-refractivity contribution in [3.8, 4) is 0 Å². The van der Waals surface area contributed by atoms with Crippen molar-refractivity contribution in [3.05, 3.63) is 89.3 Å². The van der Waals surface area contributed by atoms with E-state index in [4.69, 9.17) is 31.5 Å². The molecule has 9 nitrogen and oxygen atoms in total. The smallest absolute Gasteiger partial charge is 0.339 e. The predicted octanol–water partition coefficient (Wildman–Crippen LogP) is 3.74. The van der Waals surface area contributed by atoms with Gasteiger partial charge in [0.2, 0.25) is 10.9 Å². The Morgan fingerprint density at radius 1 is 1.00 bits per heavy atom. The molecule has 1 aliphatic carbocycles. The van der Waals surface area contributed by atoms with Gasteiger partial charge in [-0.2, -0.15) is 4.98 Å². The molecule has 11 heteroatoms. The summed E-state index contributed by atoms with van der Waals surface area (Å²) in [6.45, 7) is 0. The van der Waals surface area contributed by atoms with Crippen molar-refractivity contribution in [3.63, 3.8) is 0 Å². The van der Waals surface area contributed by atoms with Gasteiger partial charge in [0.15, 0.2) is 18.5 Å². The van der Waals surface area contributed by atoms with Crippen molar-refractivity contribution in [2.24, 2.45) is 0 Å². The highest BCUT2D eigenvalue weighted by molar-refractivity contribution is 6.28. The molecule has 5 atom stereocenters. The Kier molecular flexibility index (Phi) is 5.16. The van der Waals surface area contributed by atoms with Crippen molar-refractivity contribution in [1.82, 2.24) is 14.5 Å². The van der Waals surface area contributed by atoms with Gasteiger partial charge < -0.3 is 24.5 Å². The molecule has 2 aromatic heterocycles. The highest BCUT2D eigenvalue weighted by atomic mass is 35.5. The zero-order valence-electron chi connectivity index (χ0n) is 18.5. The zero-order chi connectivity index (χ0) is 25.0.